The van der Waals surface area contributed by atoms with Gasteiger partial charge in [0.25, 0.3) is 0 Å². The lowest BCUT2D eigenvalue weighted by atomic mass is 10.1. The second-order valence-corrected chi connectivity index (χ2v) is 7.60. The van der Waals surface area contributed by atoms with Crippen molar-refractivity contribution in [2.24, 2.45) is 5.16 Å². The van der Waals surface area contributed by atoms with Crippen molar-refractivity contribution >= 4 is 21.5 Å². The van der Waals surface area contributed by atoms with Gasteiger partial charge in [0.1, 0.15) is 4.90 Å². The zero-order valence-electron chi connectivity index (χ0n) is 15.8. The Labute approximate surface area is 170 Å². The zero-order chi connectivity index (χ0) is 22.5. The van der Waals surface area contributed by atoms with Crippen LogP contribution in [0.3, 0.4) is 0 Å². The van der Waals surface area contributed by atoms with Crippen LogP contribution in [0, 0.1) is 17.0 Å². The van der Waals surface area contributed by atoms with E-state index >= 15 is 0 Å². The highest BCUT2D eigenvalue weighted by atomic mass is 32.2. The summed E-state index contributed by atoms with van der Waals surface area (Å²) in [5.41, 5.74) is -2.49. The Morgan fingerprint density at radius 3 is 2.33 bits per heavy atom. The molecule has 12 heteroatoms. The van der Waals surface area contributed by atoms with E-state index in [4.69, 9.17) is 4.74 Å². The van der Waals surface area contributed by atoms with Crippen LogP contribution in [-0.2, 0) is 14.4 Å². The van der Waals surface area contributed by atoms with Gasteiger partial charge in [0, 0.05) is 11.6 Å². The van der Waals surface area contributed by atoms with E-state index in [1.807, 2.05) is 0 Å². The number of oxime groups is 1. The fraction of sp³-hybridized carbons (Fsp3) is 0.278. The van der Waals surface area contributed by atoms with Crippen LogP contribution in [-0.4, -0.2) is 31.8 Å². The molecule has 8 nitrogen and oxygen atoms in total. The monoisotopic (exact) mass is 446 g/mol. The Morgan fingerprint density at radius 2 is 1.80 bits per heavy atom. The van der Waals surface area contributed by atoms with Crippen LogP contribution in [0.5, 0.6) is 5.75 Å². The highest BCUT2D eigenvalue weighted by Crippen LogP contribution is 2.32. The van der Waals surface area contributed by atoms with Crippen molar-refractivity contribution in [3.8, 4) is 5.75 Å². The molecule has 0 aliphatic rings. The maximum atomic E-state index is 13.5. The van der Waals surface area contributed by atoms with Crippen molar-refractivity contribution in [3.63, 3.8) is 0 Å². The number of hydrogen-bond donors (Lipinski definition) is 0. The number of ether oxygens (including phenoxy) is 1. The maximum absolute atomic E-state index is 13.5. The number of benzene rings is 2. The molecule has 0 aromatic heterocycles. The number of nitro benzene ring substituents is 1. The molecular weight excluding hydrogens is 429 g/mol. The molecule has 0 fully saturated rings. The summed E-state index contributed by atoms with van der Waals surface area (Å²) in [4.78, 5) is 9.91. The van der Waals surface area contributed by atoms with Gasteiger partial charge < -0.3 is 4.74 Å². The van der Waals surface area contributed by atoms with Crippen molar-refractivity contribution in [1.29, 1.82) is 0 Å². The molecule has 162 valence electrons. The van der Waals surface area contributed by atoms with Crippen LogP contribution < -0.4 is 4.74 Å². The van der Waals surface area contributed by atoms with E-state index in [1.165, 1.54) is 12.1 Å². The first kappa shape index (κ1) is 23.1. The summed E-state index contributed by atoms with van der Waals surface area (Å²) in [5, 5.41) is 14.0. The van der Waals surface area contributed by atoms with Crippen molar-refractivity contribution in [2.45, 2.75) is 31.3 Å². The molecular formula is C18H17F3N2O6S. The van der Waals surface area contributed by atoms with Gasteiger partial charge in [0.2, 0.25) is 0 Å². The van der Waals surface area contributed by atoms with Gasteiger partial charge in [-0.15, -0.1) is 0 Å². The van der Waals surface area contributed by atoms with E-state index in [9.17, 15) is 31.7 Å². The normalized spacial score (nSPS) is 12.5. The number of halogens is 3. The second kappa shape index (κ2) is 9.11. The van der Waals surface area contributed by atoms with E-state index in [0.29, 0.717) is 12.5 Å². The molecule has 0 spiro atoms. The predicted octanol–water partition coefficient (Wildman–Crippen LogP) is 4.36. The Kier molecular flexibility index (Phi) is 7.03. The molecule has 0 aliphatic carbocycles. The molecule has 0 aliphatic heterocycles. The average molecular weight is 446 g/mol. The lowest BCUT2D eigenvalue weighted by Crippen LogP contribution is -2.25. The molecule has 0 radical (unpaired) electrons. The SMILES string of the molecule is CCCOc1ccc(C(=NOS(=O)(=O)c2ccc(C)cc2)C(F)(F)F)cc1[N+](=O)[O-]. The lowest BCUT2D eigenvalue weighted by Gasteiger charge is -2.12. The number of rotatable bonds is 8. The van der Waals surface area contributed by atoms with Crippen LogP contribution in [0.4, 0.5) is 18.9 Å². The van der Waals surface area contributed by atoms with E-state index in [2.05, 4.69) is 9.44 Å². The van der Waals surface area contributed by atoms with Gasteiger partial charge in [0.05, 0.1) is 11.5 Å². The highest BCUT2D eigenvalue weighted by Gasteiger charge is 2.39. The third kappa shape index (κ3) is 5.69. The minimum Gasteiger partial charge on any atom is -0.487 e. The van der Waals surface area contributed by atoms with Gasteiger partial charge in [-0.3, -0.25) is 14.4 Å². The first-order valence-electron chi connectivity index (χ1n) is 8.53. The van der Waals surface area contributed by atoms with Crippen LogP contribution in [0.25, 0.3) is 0 Å². The maximum Gasteiger partial charge on any atom is 0.437 e. The number of alkyl halides is 3. The summed E-state index contributed by atoms with van der Waals surface area (Å²) >= 11 is 0. The first-order chi connectivity index (χ1) is 14.0. The van der Waals surface area contributed by atoms with Crippen LogP contribution in [0.15, 0.2) is 52.5 Å². The van der Waals surface area contributed by atoms with Crippen LogP contribution in [0.1, 0.15) is 24.5 Å². The van der Waals surface area contributed by atoms with Gasteiger partial charge in [0.15, 0.2) is 11.5 Å². The quantitative estimate of drug-likeness (QED) is 0.339. The van der Waals surface area contributed by atoms with Crippen molar-refractivity contribution < 1.29 is 35.5 Å². The van der Waals surface area contributed by atoms with E-state index < -0.39 is 43.1 Å². The minimum absolute atomic E-state index is 0.123. The molecule has 0 atom stereocenters. The number of hydrogen-bond acceptors (Lipinski definition) is 7. The lowest BCUT2D eigenvalue weighted by molar-refractivity contribution is -0.385. The Balaban J connectivity index is 2.46. The molecule has 0 N–H and O–H groups in total. The standard InChI is InChI=1S/C18H17F3N2O6S/c1-3-10-28-16-9-6-13(11-15(16)23(24)25)17(18(19,20)21)22-29-30(26,27)14-7-4-12(2)5-8-14/h4-9,11H,3,10H2,1-2H3. The van der Waals surface area contributed by atoms with Gasteiger partial charge in [-0.05, 0) is 37.6 Å². The number of nitro groups is 1. The molecule has 2 aromatic rings. The van der Waals surface area contributed by atoms with Gasteiger partial charge in [-0.2, -0.15) is 21.6 Å². The van der Waals surface area contributed by atoms with E-state index in [1.54, 1.807) is 13.8 Å². The number of aryl methyl sites for hydroxylation is 1. The van der Waals surface area contributed by atoms with E-state index in [0.717, 1.165) is 29.8 Å². The summed E-state index contributed by atoms with van der Waals surface area (Å²) in [5.74, 6) is -0.222. The third-order valence-electron chi connectivity index (χ3n) is 3.70. The molecule has 30 heavy (non-hydrogen) atoms. The smallest absolute Gasteiger partial charge is 0.437 e. The molecule has 0 heterocycles. The zero-order valence-corrected chi connectivity index (χ0v) is 16.7. The summed E-state index contributed by atoms with van der Waals surface area (Å²) in [6, 6.07) is 7.63. The second-order valence-electron chi connectivity index (χ2n) is 6.07. The third-order valence-corrected chi connectivity index (χ3v) is 4.82. The largest absolute Gasteiger partial charge is 0.487 e. The first-order valence-corrected chi connectivity index (χ1v) is 9.93. The van der Waals surface area contributed by atoms with Crippen LogP contribution >= 0.6 is 0 Å². The highest BCUT2D eigenvalue weighted by molar-refractivity contribution is 7.86. The van der Waals surface area contributed by atoms with Gasteiger partial charge >= 0.3 is 22.0 Å². The van der Waals surface area contributed by atoms with Crippen molar-refractivity contribution in [1.82, 2.24) is 0 Å². The van der Waals surface area contributed by atoms with Gasteiger partial charge in [-0.1, -0.05) is 29.8 Å². The molecule has 0 amide bonds. The summed E-state index contributed by atoms with van der Waals surface area (Å²) in [6.07, 6.45) is -4.62. The predicted molar refractivity (Wildman–Crippen MR) is 101 cm³/mol. The van der Waals surface area contributed by atoms with E-state index in [-0.39, 0.29) is 12.4 Å². The molecule has 2 rings (SSSR count). The van der Waals surface area contributed by atoms with Crippen LogP contribution in [0.2, 0.25) is 0 Å². The van der Waals surface area contributed by atoms with Crippen molar-refractivity contribution in [3.05, 3.63) is 63.7 Å². The minimum atomic E-state index is -5.15. The fourth-order valence-corrected chi connectivity index (χ4v) is 2.97. The molecule has 0 saturated carbocycles. The van der Waals surface area contributed by atoms with Gasteiger partial charge in [-0.25, -0.2) is 0 Å². The summed E-state index contributed by atoms with van der Waals surface area (Å²) in [6.45, 7) is 3.57. The summed E-state index contributed by atoms with van der Waals surface area (Å²) < 4.78 is 74.0. The average Bonchev–Trinajstić information content (AvgIpc) is 2.66. The molecule has 0 bridgehead atoms. The topological polar surface area (TPSA) is 108 Å². The summed E-state index contributed by atoms with van der Waals surface area (Å²) in [7, 11) is -4.63. The van der Waals surface area contributed by atoms with Crippen molar-refractivity contribution in [2.75, 3.05) is 6.61 Å². The Morgan fingerprint density at radius 1 is 1.17 bits per heavy atom. The molecule has 0 unspecified atom stereocenters. The fourth-order valence-electron chi connectivity index (χ4n) is 2.24. The molecule has 0 saturated heterocycles. The Hall–Kier alpha value is -3.15. The molecule has 2 aromatic carbocycles. The number of nitrogens with zero attached hydrogens (tertiary/aromatic N) is 2. The Bertz CT molecular complexity index is 1050.